The molecule has 3 aromatic carbocycles. The van der Waals surface area contributed by atoms with Crippen molar-refractivity contribution in [1.29, 1.82) is 0 Å². The van der Waals surface area contributed by atoms with Crippen LogP contribution in [0.15, 0.2) is 66.7 Å². The van der Waals surface area contributed by atoms with Crippen molar-refractivity contribution >= 4 is 17.5 Å². The smallest absolute Gasteiger partial charge is 0.224 e. The molecule has 0 spiro atoms. The van der Waals surface area contributed by atoms with E-state index in [1.54, 1.807) is 24.3 Å². The molecule has 1 heterocycles. The fraction of sp³-hybridized carbons (Fsp3) is 0.269. The van der Waals surface area contributed by atoms with Crippen LogP contribution in [0.1, 0.15) is 48.7 Å². The average Bonchev–Trinajstić information content (AvgIpc) is 2.77. The first-order valence-electron chi connectivity index (χ1n) is 10.6. The van der Waals surface area contributed by atoms with Crippen LogP contribution >= 0.6 is 11.6 Å². The monoisotopic (exact) mass is 473 g/mol. The molecule has 1 aliphatic rings. The lowest BCUT2D eigenvalue weighted by molar-refractivity contribution is -0.128. The van der Waals surface area contributed by atoms with Crippen LogP contribution in [-0.2, 0) is 16.0 Å². The molecule has 0 aliphatic carbocycles. The van der Waals surface area contributed by atoms with Gasteiger partial charge in [0.05, 0.1) is 18.6 Å². The van der Waals surface area contributed by atoms with E-state index in [4.69, 9.17) is 16.3 Å². The Morgan fingerprint density at radius 2 is 1.55 bits per heavy atom. The molecule has 172 valence electrons. The summed E-state index contributed by atoms with van der Waals surface area (Å²) in [4.78, 5) is 12.8. The molecule has 1 fully saturated rings. The van der Waals surface area contributed by atoms with E-state index >= 15 is 0 Å². The van der Waals surface area contributed by atoms with Crippen LogP contribution in [0, 0.1) is 17.5 Å². The minimum Gasteiger partial charge on any atom is -0.365 e. The summed E-state index contributed by atoms with van der Waals surface area (Å²) in [5.74, 6) is -2.47. The Morgan fingerprint density at radius 1 is 0.939 bits per heavy atom. The van der Waals surface area contributed by atoms with Gasteiger partial charge < -0.3 is 10.1 Å². The van der Waals surface area contributed by atoms with Crippen molar-refractivity contribution < 1.29 is 22.7 Å². The fourth-order valence-corrected chi connectivity index (χ4v) is 4.38. The molecule has 0 saturated carbocycles. The van der Waals surface area contributed by atoms with Crippen molar-refractivity contribution in [2.24, 2.45) is 0 Å². The molecule has 7 heteroatoms. The molecule has 0 aromatic heterocycles. The highest BCUT2D eigenvalue weighted by molar-refractivity contribution is 6.30. The molecular formula is C26H23ClF3NO2. The molecule has 3 aromatic rings. The lowest BCUT2D eigenvalue weighted by Gasteiger charge is -2.43. The maximum absolute atomic E-state index is 13.9. The normalized spacial score (nSPS) is 22.7. The van der Waals surface area contributed by atoms with E-state index < -0.39 is 29.4 Å². The number of halogens is 4. The fourth-order valence-electron chi connectivity index (χ4n) is 4.25. The minimum absolute atomic E-state index is 0.0954. The Bertz CT molecular complexity index is 1140. The highest BCUT2D eigenvalue weighted by atomic mass is 35.5. The predicted octanol–water partition coefficient (Wildman–Crippen LogP) is 6.47. The van der Waals surface area contributed by atoms with Gasteiger partial charge in [-0.1, -0.05) is 41.9 Å². The van der Waals surface area contributed by atoms with E-state index in [1.165, 1.54) is 18.2 Å². The number of benzene rings is 3. The number of carbonyl (C=O) groups is 1. The van der Waals surface area contributed by atoms with E-state index in [1.807, 2.05) is 19.1 Å². The van der Waals surface area contributed by atoms with Gasteiger partial charge in [-0.25, -0.2) is 13.2 Å². The second kappa shape index (κ2) is 9.57. The van der Waals surface area contributed by atoms with Crippen molar-refractivity contribution in [3.05, 3.63) is 106 Å². The number of hydrogen-bond acceptors (Lipinski definition) is 2. The van der Waals surface area contributed by atoms with Crippen molar-refractivity contribution in [2.75, 3.05) is 0 Å². The molecule has 33 heavy (non-hydrogen) atoms. The summed E-state index contributed by atoms with van der Waals surface area (Å²) in [5, 5.41) is 3.67. The van der Waals surface area contributed by atoms with Gasteiger partial charge in [-0.3, -0.25) is 4.79 Å². The molecule has 0 unspecified atom stereocenters. The third kappa shape index (κ3) is 5.75. The van der Waals surface area contributed by atoms with Crippen LogP contribution in [-0.4, -0.2) is 11.4 Å². The molecule has 1 aliphatic heterocycles. The first kappa shape index (κ1) is 23.3. The maximum Gasteiger partial charge on any atom is 0.224 e. The maximum atomic E-state index is 13.9. The molecule has 1 amide bonds. The topological polar surface area (TPSA) is 38.3 Å². The Hall–Kier alpha value is -2.83. The number of carbonyl (C=O) groups excluding carboxylic acids is 1. The predicted molar refractivity (Wildman–Crippen MR) is 120 cm³/mol. The summed E-state index contributed by atoms with van der Waals surface area (Å²) in [6, 6.07) is 16.7. The van der Waals surface area contributed by atoms with Crippen LogP contribution in [0.3, 0.4) is 0 Å². The Morgan fingerprint density at radius 3 is 2.18 bits per heavy atom. The highest BCUT2D eigenvalue weighted by Crippen LogP contribution is 2.44. The SMILES string of the molecule is C[C@]1(NC(=O)Cc2ccc(F)cc2)C[C@@H](c2ccc(Cl)cc2)O[C@@H](c2ccc(F)c(F)c2)C1. The molecule has 1 N–H and O–H groups in total. The van der Waals surface area contributed by atoms with E-state index in [2.05, 4.69) is 5.32 Å². The Balaban J connectivity index is 1.58. The third-order valence-electron chi connectivity index (χ3n) is 5.88. The molecule has 0 radical (unpaired) electrons. The summed E-state index contributed by atoms with van der Waals surface area (Å²) < 4.78 is 46.9. The quantitative estimate of drug-likeness (QED) is 0.461. The van der Waals surface area contributed by atoms with Crippen LogP contribution in [0.25, 0.3) is 0 Å². The third-order valence-corrected chi connectivity index (χ3v) is 6.13. The largest absolute Gasteiger partial charge is 0.365 e. The second-order valence-electron chi connectivity index (χ2n) is 8.66. The number of rotatable bonds is 5. The van der Waals surface area contributed by atoms with Crippen molar-refractivity contribution in [3.8, 4) is 0 Å². The summed E-state index contributed by atoms with van der Waals surface area (Å²) >= 11 is 6.02. The summed E-state index contributed by atoms with van der Waals surface area (Å²) in [6.07, 6.45) is -0.0182. The standard InChI is InChI=1S/C26H23ClF3NO2/c1-26(31-25(32)12-16-2-9-20(28)10-3-16)14-23(17-4-7-19(27)8-5-17)33-24(15-26)18-6-11-21(29)22(30)13-18/h2-11,13,23-24H,12,14-15H2,1H3,(H,31,32)/t23-,24+,26-/m0/s1. The lowest BCUT2D eigenvalue weighted by Crippen LogP contribution is -2.51. The van der Waals surface area contributed by atoms with Crippen LogP contribution in [0.5, 0.6) is 0 Å². The van der Waals surface area contributed by atoms with Gasteiger partial charge in [-0.05, 0) is 60.0 Å². The van der Waals surface area contributed by atoms with Crippen molar-refractivity contribution in [1.82, 2.24) is 5.32 Å². The Labute approximate surface area is 195 Å². The van der Waals surface area contributed by atoms with Crippen LogP contribution in [0.2, 0.25) is 5.02 Å². The number of ether oxygens (including phenoxy) is 1. The lowest BCUT2D eigenvalue weighted by atomic mass is 9.81. The number of nitrogens with one attached hydrogen (secondary N) is 1. The van der Waals surface area contributed by atoms with Gasteiger partial charge in [0.15, 0.2) is 11.6 Å². The van der Waals surface area contributed by atoms with E-state index in [9.17, 15) is 18.0 Å². The van der Waals surface area contributed by atoms with Gasteiger partial charge in [0, 0.05) is 23.4 Å². The van der Waals surface area contributed by atoms with E-state index in [0.717, 1.165) is 17.7 Å². The van der Waals surface area contributed by atoms with Crippen LogP contribution in [0.4, 0.5) is 13.2 Å². The van der Waals surface area contributed by atoms with Gasteiger partial charge in [0.1, 0.15) is 5.82 Å². The first-order valence-corrected chi connectivity index (χ1v) is 11.0. The second-order valence-corrected chi connectivity index (χ2v) is 9.10. The number of amides is 1. The minimum atomic E-state index is -0.952. The molecule has 1 saturated heterocycles. The van der Waals surface area contributed by atoms with Gasteiger partial charge in [-0.15, -0.1) is 0 Å². The first-order chi connectivity index (χ1) is 15.7. The Kier molecular flexibility index (Phi) is 6.77. The summed E-state index contributed by atoms with van der Waals surface area (Å²) in [7, 11) is 0. The van der Waals surface area contributed by atoms with Crippen molar-refractivity contribution in [3.63, 3.8) is 0 Å². The summed E-state index contributed by atoms with van der Waals surface area (Å²) in [5.41, 5.74) is 1.36. The zero-order valence-electron chi connectivity index (χ0n) is 18.0. The van der Waals surface area contributed by atoms with Gasteiger partial charge >= 0.3 is 0 Å². The zero-order chi connectivity index (χ0) is 23.6. The van der Waals surface area contributed by atoms with Gasteiger partial charge in [-0.2, -0.15) is 0 Å². The molecule has 3 nitrogen and oxygen atoms in total. The molecule has 0 bridgehead atoms. The molecule has 4 rings (SSSR count). The van der Waals surface area contributed by atoms with Crippen molar-refractivity contribution in [2.45, 2.75) is 43.9 Å². The molecular weight excluding hydrogens is 451 g/mol. The van der Waals surface area contributed by atoms with E-state index in [0.29, 0.717) is 29.0 Å². The van der Waals surface area contributed by atoms with Crippen LogP contribution < -0.4 is 5.32 Å². The number of hydrogen-bond donors (Lipinski definition) is 1. The average molecular weight is 474 g/mol. The van der Waals surface area contributed by atoms with Gasteiger partial charge in [0.2, 0.25) is 5.91 Å². The zero-order valence-corrected chi connectivity index (χ0v) is 18.7. The molecule has 3 atom stereocenters. The van der Waals surface area contributed by atoms with E-state index in [-0.39, 0.29) is 18.1 Å². The summed E-state index contributed by atoms with van der Waals surface area (Å²) in [6.45, 7) is 1.91. The highest BCUT2D eigenvalue weighted by Gasteiger charge is 2.40. The van der Waals surface area contributed by atoms with Gasteiger partial charge in [0.25, 0.3) is 0 Å².